The van der Waals surface area contributed by atoms with Crippen LogP contribution in [-0.4, -0.2) is 18.5 Å². The highest BCUT2D eigenvalue weighted by molar-refractivity contribution is 5.78. The van der Waals surface area contributed by atoms with Crippen molar-refractivity contribution in [3.05, 3.63) is 35.4 Å². The smallest absolute Gasteiger partial charge is 0.234 e. The Morgan fingerprint density at radius 3 is 2.71 bits per heavy atom. The zero-order valence-electron chi connectivity index (χ0n) is 12.4. The van der Waals surface area contributed by atoms with Crippen LogP contribution in [0.15, 0.2) is 24.3 Å². The van der Waals surface area contributed by atoms with E-state index in [1.807, 2.05) is 18.2 Å². The number of nitrogens with zero attached hydrogens (tertiary/aromatic N) is 1. The molecule has 0 aromatic heterocycles. The first-order valence-electron chi connectivity index (χ1n) is 7.77. The first-order chi connectivity index (χ1) is 10.3. The molecule has 1 aliphatic carbocycles. The van der Waals surface area contributed by atoms with Gasteiger partial charge in [0.25, 0.3) is 0 Å². The van der Waals surface area contributed by atoms with E-state index in [4.69, 9.17) is 5.26 Å². The van der Waals surface area contributed by atoms with E-state index in [1.165, 1.54) is 25.7 Å². The van der Waals surface area contributed by atoms with Gasteiger partial charge in [0, 0.05) is 12.6 Å². The van der Waals surface area contributed by atoms with Gasteiger partial charge in [-0.3, -0.25) is 4.79 Å². The fourth-order valence-corrected chi connectivity index (χ4v) is 2.77. The van der Waals surface area contributed by atoms with Gasteiger partial charge in [0.2, 0.25) is 5.91 Å². The maximum Gasteiger partial charge on any atom is 0.234 e. The van der Waals surface area contributed by atoms with Crippen LogP contribution in [0, 0.1) is 11.3 Å². The number of carbonyl (C=O) groups excluding carboxylic acids is 1. The fourth-order valence-electron chi connectivity index (χ4n) is 2.77. The minimum Gasteiger partial charge on any atom is -0.352 e. The predicted octanol–water partition coefficient (Wildman–Crippen LogP) is 2.49. The van der Waals surface area contributed by atoms with Crippen LogP contribution in [0.3, 0.4) is 0 Å². The molecule has 0 radical (unpaired) electrons. The Morgan fingerprint density at radius 2 is 2.00 bits per heavy atom. The van der Waals surface area contributed by atoms with Crippen molar-refractivity contribution in [2.75, 3.05) is 6.54 Å². The molecule has 0 spiro atoms. The molecule has 1 aromatic rings. The molecule has 0 bridgehead atoms. The highest BCUT2D eigenvalue weighted by Gasteiger charge is 2.14. The summed E-state index contributed by atoms with van der Waals surface area (Å²) < 4.78 is 0. The van der Waals surface area contributed by atoms with Crippen molar-refractivity contribution in [1.29, 1.82) is 5.26 Å². The normalized spacial score (nSPS) is 16.0. The second-order valence-electron chi connectivity index (χ2n) is 5.67. The minimum absolute atomic E-state index is 0.0679. The SMILES string of the molecule is N#Cc1cccc(CNCC(=O)NC2CCCCCC2)c1. The molecule has 21 heavy (non-hydrogen) atoms. The molecule has 2 N–H and O–H groups in total. The summed E-state index contributed by atoms with van der Waals surface area (Å²) in [5.74, 6) is 0.0679. The van der Waals surface area contributed by atoms with E-state index in [9.17, 15) is 4.79 Å². The van der Waals surface area contributed by atoms with Crippen molar-refractivity contribution < 1.29 is 4.79 Å². The standard InChI is InChI=1S/C17H23N3O/c18-11-14-6-5-7-15(10-14)12-19-13-17(21)20-16-8-3-1-2-4-9-16/h5-7,10,16,19H,1-4,8-9,12-13H2,(H,20,21). The van der Waals surface area contributed by atoms with Crippen molar-refractivity contribution in [2.24, 2.45) is 0 Å². The summed E-state index contributed by atoms with van der Waals surface area (Å²) in [6.07, 6.45) is 7.24. The molecule has 1 fully saturated rings. The largest absolute Gasteiger partial charge is 0.352 e. The summed E-state index contributed by atoms with van der Waals surface area (Å²) in [6.45, 7) is 0.931. The minimum atomic E-state index is 0.0679. The quantitative estimate of drug-likeness (QED) is 0.817. The van der Waals surface area contributed by atoms with E-state index in [-0.39, 0.29) is 5.91 Å². The van der Waals surface area contributed by atoms with Gasteiger partial charge in [-0.15, -0.1) is 0 Å². The monoisotopic (exact) mass is 285 g/mol. The van der Waals surface area contributed by atoms with Gasteiger partial charge in [0.1, 0.15) is 0 Å². The van der Waals surface area contributed by atoms with E-state index in [0.29, 0.717) is 24.7 Å². The first-order valence-corrected chi connectivity index (χ1v) is 7.77. The van der Waals surface area contributed by atoms with Gasteiger partial charge in [-0.05, 0) is 30.5 Å². The first kappa shape index (κ1) is 15.5. The molecule has 0 unspecified atom stereocenters. The number of hydrogen-bond donors (Lipinski definition) is 2. The summed E-state index contributed by atoms with van der Waals surface area (Å²) in [6, 6.07) is 9.91. The van der Waals surface area contributed by atoms with Crippen LogP contribution in [0.2, 0.25) is 0 Å². The lowest BCUT2D eigenvalue weighted by atomic mass is 10.1. The van der Waals surface area contributed by atoms with Crippen LogP contribution in [-0.2, 0) is 11.3 Å². The third-order valence-electron chi connectivity index (χ3n) is 3.89. The van der Waals surface area contributed by atoms with Crippen molar-refractivity contribution in [3.8, 4) is 6.07 Å². The number of carbonyl (C=O) groups is 1. The van der Waals surface area contributed by atoms with Gasteiger partial charge in [0.15, 0.2) is 0 Å². The Balaban J connectivity index is 1.70. The number of hydrogen-bond acceptors (Lipinski definition) is 3. The van der Waals surface area contributed by atoms with Crippen LogP contribution in [0.1, 0.15) is 49.7 Å². The maximum absolute atomic E-state index is 11.9. The van der Waals surface area contributed by atoms with Crippen molar-refractivity contribution >= 4 is 5.91 Å². The molecule has 4 heteroatoms. The highest BCUT2D eigenvalue weighted by Crippen LogP contribution is 2.16. The number of amides is 1. The second-order valence-corrected chi connectivity index (χ2v) is 5.67. The third kappa shape index (κ3) is 5.57. The van der Waals surface area contributed by atoms with Crippen LogP contribution in [0.4, 0.5) is 0 Å². The molecule has 4 nitrogen and oxygen atoms in total. The summed E-state index contributed by atoms with van der Waals surface area (Å²) in [5.41, 5.74) is 1.67. The summed E-state index contributed by atoms with van der Waals surface area (Å²) in [5, 5.41) is 15.1. The van der Waals surface area contributed by atoms with Crippen LogP contribution >= 0.6 is 0 Å². The summed E-state index contributed by atoms with van der Waals surface area (Å²) in [4.78, 5) is 11.9. The molecule has 0 heterocycles. The number of benzene rings is 1. The van der Waals surface area contributed by atoms with Crippen molar-refractivity contribution in [1.82, 2.24) is 10.6 Å². The van der Waals surface area contributed by atoms with E-state index in [0.717, 1.165) is 18.4 Å². The Morgan fingerprint density at radius 1 is 1.24 bits per heavy atom. The molecule has 0 saturated heterocycles. The van der Waals surface area contributed by atoms with Crippen LogP contribution < -0.4 is 10.6 Å². The lowest BCUT2D eigenvalue weighted by molar-refractivity contribution is -0.121. The molecule has 0 aliphatic heterocycles. The predicted molar refractivity (Wildman–Crippen MR) is 82.5 cm³/mol. The number of nitriles is 1. The van der Waals surface area contributed by atoms with Gasteiger partial charge in [-0.1, -0.05) is 37.8 Å². The lowest BCUT2D eigenvalue weighted by Gasteiger charge is -2.16. The van der Waals surface area contributed by atoms with Crippen LogP contribution in [0.5, 0.6) is 0 Å². The van der Waals surface area contributed by atoms with E-state index >= 15 is 0 Å². The van der Waals surface area contributed by atoms with Gasteiger partial charge in [-0.25, -0.2) is 0 Å². The Kier molecular flexibility index (Phi) is 6.23. The topological polar surface area (TPSA) is 64.9 Å². The van der Waals surface area contributed by atoms with Crippen LogP contribution in [0.25, 0.3) is 0 Å². The second kappa shape index (κ2) is 8.43. The van der Waals surface area contributed by atoms with Gasteiger partial charge >= 0.3 is 0 Å². The van der Waals surface area contributed by atoms with E-state index in [2.05, 4.69) is 16.7 Å². The van der Waals surface area contributed by atoms with Gasteiger partial charge in [-0.2, -0.15) is 5.26 Å². The molecule has 2 rings (SSSR count). The summed E-state index contributed by atoms with van der Waals surface area (Å²) >= 11 is 0. The maximum atomic E-state index is 11.9. The zero-order chi connectivity index (χ0) is 14.9. The molecule has 1 aliphatic rings. The van der Waals surface area contributed by atoms with E-state index < -0.39 is 0 Å². The molecule has 0 atom stereocenters. The number of rotatable bonds is 5. The van der Waals surface area contributed by atoms with Crippen molar-refractivity contribution in [2.45, 2.75) is 51.1 Å². The molecule has 1 aromatic carbocycles. The number of nitrogens with one attached hydrogen (secondary N) is 2. The average molecular weight is 285 g/mol. The average Bonchev–Trinajstić information content (AvgIpc) is 2.76. The van der Waals surface area contributed by atoms with Crippen molar-refractivity contribution in [3.63, 3.8) is 0 Å². The molecular weight excluding hydrogens is 262 g/mol. The van der Waals surface area contributed by atoms with Gasteiger partial charge in [0.05, 0.1) is 18.2 Å². The summed E-state index contributed by atoms with van der Waals surface area (Å²) in [7, 11) is 0. The Bertz CT molecular complexity index is 499. The zero-order valence-corrected chi connectivity index (χ0v) is 12.4. The van der Waals surface area contributed by atoms with E-state index in [1.54, 1.807) is 6.07 Å². The fraction of sp³-hybridized carbons (Fsp3) is 0.529. The highest BCUT2D eigenvalue weighted by atomic mass is 16.1. The third-order valence-corrected chi connectivity index (χ3v) is 3.89. The van der Waals surface area contributed by atoms with Gasteiger partial charge < -0.3 is 10.6 Å². The molecule has 112 valence electrons. The Labute approximate surface area is 126 Å². The molecule has 1 saturated carbocycles. The Hall–Kier alpha value is -1.86. The lowest BCUT2D eigenvalue weighted by Crippen LogP contribution is -2.40. The molecular formula is C17H23N3O. The molecule has 1 amide bonds.